The summed E-state index contributed by atoms with van der Waals surface area (Å²) in [4.78, 5) is 36.4. The Morgan fingerprint density at radius 2 is 1.84 bits per heavy atom. The van der Waals surface area contributed by atoms with Gasteiger partial charge in [0.1, 0.15) is 0 Å². The van der Waals surface area contributed by atoms with E-state index >= 15 is 0 Å². The number of methoxy groups -OCH3 is 1. The van der Waals surface area contributed by atoms with Gasteiger partial charge in [-0.25, -0.2) is 4.79 Å². The summed E-state index contributed by atoms with van der Waals surface area (Å²) in [6.45, 7) is 1.67. The van der Waals surface area contributed by atoms with Crippen LogP contribution in [-0.2, 0) is 9.53 Å². The standard InChI is InChI=1S/C18H18N2O5/c1-12(13-7-6-8-14(11-13)20(23)24)17(21)19(2)16-10-5-4-9-15(16)18(22)25-3/h4-12H,1-3H3/t12-/m0/s1. The SMILES string of the molecule is COC(=O)c1ccccc1N(C)C(=O)[C@@H](C)c1cccc([N+](=O)[O-])c1. The Bertz CT molecular complexity index is 819. The summed E-state index contributed by atoms with van der Waals surface area (Å²) in [6, 6.07) is 12.6. The Kier molecular flexibility index (Phi) is 5.49. The molecular weight excluding hydrogens is 324 g/mol. The minimum absolute atomic E-state index is 0.0743. The van der Waals surface area contributed by atoms with Gasteiger partial charge in [-0.15, -0.1) is 0 Å². The molecule has 0 unspecified atom stereocenters. The summed E-state index contributed by atoms with van der Waals surface area (Å²) < 4.78 is 4.74. The maximum absolute atomic E-state index is 12.8. The molecule has 2 aromatic rings. The van der Waals surface area contributed by atoms with Crippen molar-refractivity contribution in [2.75, 3.05) is 19.1 Å². The minimum atomic E-state index is -0.615. The third-order valence-corrected chi connectivity index (χ3v) is 3.95. The third-order valence-electron chi connectivity index (χ3n) is 3.95. The fourth-order valence-corrected chi connectivity index (χ4v) is 2.51. The molecule has 0 radical (unpaired) electrons. The molecule has 25 heavy (non-hydrogen) atoms. The second kappa shape index (κ2) is 7.57. The van der Waals surface area contributed by atoms with Gasteiger partial charge in [0, 0.05) is 19.2 Å². The summed E-state index contributed by atoms with van der Waals surface area (Å²) in [5, 5.41) is 10.9. The number of anilines is 1. The van der Waals surface area contributed by atoms with E-state index < -0.39 is 16.8 Å². The first-order valence-corrected chi connectivity index (χ1v) is 7.56. The monoisotopic (exact) mass is 342 g/mol. The molecule has 0 saturated carbocycles. The van der Waals surface area contributed by atoms with Crippen molar-refractivity contribution >= 4 is 23.3 Å². The van der Waals surface area contributed by atoms with E-state index in [9.17, 15) is 19.7 Å². The van der Waals surface area contributed by atoms with Crippen LogP contribution < -0.4 is 4.90 Å². The number of para-hydroxylation sites is 1. The van der Waals surface area contributed by atoms with Crippen molar-refractivity contribution in [1.29, 1.82) is 0 Å². The van der Waals surface area contributed by atoms with E-state index in [1.165, 1.54) is 24.1 Å². The molecule has 7 nitrogen and oxygen atoms in total. The molecule has 2 rings (SSSR count). The molecule has 0 heterocycles. The number of benzene rings is 2. The molecule has 0 fully saturated rings. The maximum Gasteiger partial charge on any atom is 0.339 e. The normalized spacial score (nSPS) is 11.5. The van der Waals surface area contributed by atoms with Gasteiger partial charge >= 0.3 is 5.97 Å². The van der Waals surface area contributed by atoms with Crippen molar-refractivity contribution in [3.63, 3.8) is 0 Å². The zero-order valence-electron chi connectivity index (χ0n) is 14.1. The summed E-state index contributed by atoms with van der Waals surface area (Å²) in [5.41, 5.74) is 1.14. The van der Waals surface area contributed by atoms with E-state index in [1.54, 1.807) is 50.4 Å². The number of hydrogen-bond acceptors (Lipinski definition) is 5. The number of carbonyl (C=O) groups is 2. The highest BCUT2D eigenvalue weighted by Crippen LogP contribution is 2.26. The highest BCUT2D eigenvalue weighted by Gasteiger charge is 2.24. The van der Waals surface area contributed by atoms with Crippen LogP contribution in [0.15, 0.2) is 48.5 Å². The largest absolute Gasteiger partial charge is 0.465 e. The molecule has 0 saturated heterocycles. The lowest BCUT2D eigenvalue weighted by Crippen LogP contribution is -2.31. The number of hydrogen-bond donors (Lipinski definition) is 0. The fraction of sp³-hybridized carbons (Fsp3) is 0.222. The van der Waals surface area contributed by atoms with Crippen molar-refractivity contribution in [2.45, 2.75) is 12.8 Å². The Morgan fingerprint density at radius 3 is 2.48 bits per heavy atom. The Hall–Kier alpha value is -3.22. The Labute approximate surface area is 145 Å². The molecule has 130 valence electrons. The van der Waals surface area contributed by atoms with Crippen LogP contribution in [0.4, 0.5) is 11.4 Å². The van der Waals surface area contributed by atoms with Crippen LogP contribution in [0.3, 0.4) is 0 Å². The van der Waals surface area contributed by atoms with Gasteiger partial charge in [0.15, 0.2) is 0 Å². The number of ether oxygens (including phenoxy) is 1. The molecule has 0 aliphatic heterocycles. The van der Waals surface area contributed by atoms with Crippen LogP contribution in [0.5, 0.6) is 0 Å². The molecule has 0 aromatic heterocycles. The number of esters is 1. The molecule has 0 aliphatic rings. The number of amides is 1. The first-order chi connectivity index (χ1) is 11.9. The van der Waals surface area contributed by atoms with Gasteiger partial charge in [-0.05, 0) is 24.6 Å². The van der Waals surface area contributed by atoms with Gasteiger partial charge in [-0.2, -0.15) is 0 Å². The molecule has 1 amide bonds. The predicted molar refractivity (Wildman–Crippen MR) is 92.7 cm³/mol. The quantitative estimate of drug-likeness (QED) is 0.473. The highest BCUT2D eigenvalue weighted by atomic mass is 16.6. The zero-order chi connectivity index (χ0) is 18.6. The average Bonchev–Trinajstić information content (AvgIpc) is 2.65. The number of likely N-dealkylation sites (N-methyl/N-ethyl adjacent to an activating group) is 1. The second-order valence-electron chi connectivity index (χ2n) is 5.48. The van der Waals surface area contributed by atoms with E-state index in [2.05, 4.69) is 0 Å². The average molecular weight is 342 g/mol. The summed E-state index contributed by atoms with van der Waals surface area (Å²) in [6.07, 6.45) is 0. The van der Waals surface area contributed by atoms with Crippen molar-refractivity contribution in [3.05, 3.63) is 69.8 Å². The second-order valence-corrected chi connectivity index (χ2v) is 5.48. The van der Waals surface area contributed by atoms with Gasteiger partial charge in [0.05, 0.1) is 29.2 Å². The minimum Gasteiger partial charge on any atom is -0.465 e. The summed E-state index contributed by atoms with van der Waals surface area (Å²) >= 11 is 0. The lowest BCUT2D eigenvalue weighted by Gasteiger charge is -2.23. The molecular formula is C18H18N2O5. The topological polar surface area (TPSA) is 89.8 Å². The number of nitrogens with zero attached hydrogens (tertiary/aromatic N) is 2. The van der Waals surface area contributed by atoms with Gasteiger partial charge in [-0.3, -0.25) is 14.9 Å². The van der Waals surface area contributed by atoms with Crippen LogP contribution in [0.25, 0.3) is 0 Å². The molecule has 0 bridgehead atoms. The van der Waals surface area contributed by atoms with Crippen LogP contribution in [0, 0.1) is 10.1 Å². The van der Waals surface area contributed by atoms with E-state index in [-0.39, 0.29) is 17.2 Å². The third kappa shape index (κ3) is 3.82. The summed E-state index contributed by atoms with van der Waals surface area (Å²) in [7, 11) is 2.82. The number of non-ortho nitro benzene ring substituents is 1. The predicted octanol–water partition coefficient (Wildman–Crippen LogP) is 3.15. The highest BCUT2D eigenvalue weighted by molar-refractivity contribution is 6.04. The number of rotatable bonds is 5. The van der Waals surface area contributed by atoms with E-state index in [4.69, 9.17) is 4.74 Å². The van der Waals surface area contributed by atoms with Crippen molar-refractivity contribution in [2.24, 2.45) is 0 Å². The smallest absolute Gasteiger partial charge is 0.339 e. The molecule has 0 aliphatic carbocycles. The van der Waals surface area contributed by atoms with Crippen LogP contribution in [0.2, 0.25) is 0 Å². The van der Waals surface area contributed by atoms with E-state index in [1.807, 2.05) is 0 Å². The molecule has 2 aromatic carbocycles. The number of nitro benzene ring substituents is 1. The van der Waals surface area contributed by atoms with Gasteiger partial charge in [0.25, 0.3) is 5.69 Å². The maximum atomic E-state index is 12.8. The van der Waals surface area contributed by atoms with Crippen molar-refractivity contribution in [3.8, 4) is 0 Å². The Balaban J connectivity index is 2.33. The first-order valence-electron chi connectivity index (χ1n) is 7.56. The lowest BCUT2D eigenvalue weighted by molar-refractivity contribution is -0.384. The molecule has 0 spiro atoms. The molecule has 1 atom stereocenters. The molecule has 7 heteroatoms. The Morgan fingerprint density at radius 1 is 1.16 bits per heavy atom. The van der Waals surface area contributed by atoms with E-state index in [0.717, 1.165) is 0 Å². The number of carbonyl (C=O) groups excluding carboxylic acids is 2. The van der Waals surface area contributed by atoms with Gasteiger partial charge in [-0.1, -0.05) is 24.3 Å². The van der Waals surface area contributed by atoms with Crippen LogP contribution in [-0.4, -0.2) is 31.0 Å². The first kappa shape index (κ1) is 18.1. The molecule has 0 N–H and O–H groups in total. The van der Waals surface area contributed by atoms with Crippen LogP contribution >= 0.6 is 0 Å². The lowest BCUT2D eigenvalue weighted by atomic mass is 9.98. The summed E-state index contributed by atoms with van der Waals surface area (Å²) in [5.74, 6) is -1.45. The van der Waals surface area contributed by atoms with Crippen molar-refractivity contribution in [1.82, 2.24) is 0 Å². The van der Waals surface area contributed by atoms with Crippen molar-refractivity contribution < 1.29 is 19.2 Å². The fourth-order valence-electron chi connectivity index (χ4n) is 2.51. The van der Waals surface area contributed by atoms with E-state index in [0.29, 0.717) is 11.3 Å². The van der Waals surface area contributed by atoms with Gasteiger partial charge < -0.3 is 9.64 Å². The van der Waals surface area contributed by atoms with Crippen LogP contribution in [0.1, 0.15) is 28.8 Å². The number of nitro groups is 1. The zero-order valence-corrected chi connectivity index (χ0v) is 14.1. The van der Waals surface area contributed by atoms with Gasteiger partial charge in [0.2, 0.25) is 5.91 Å².